The van der Waals surface area contributed by atoms with E-state index in [4.69, 9.17) is 5.73 Å². The summed E-state index contributed by atoms with van der Waals surface area (Å²) in [5.41, 5.74) is 9.22. The normalized spacial score (nSPS) is 10.2. The number of anilines is 2. The Bertz CT molecular complexity index is 479. The fourth-order valence-electron chi connectivity index (χ4n) is 1.60. The van der Waals surface area contributed by atoms with Gasteiger partial charge >= 0.3 is 0 Å². The molecule has 0 aromatic rings. The summed E-state index contributed by atoms with van der Waals surface area (Å²) in [7, 11) is 0. The second-order valence-corrected chi connectivity index (χ2v) is 3.43. The number of hydrogen-bond acceptors (Lipinski definition) is 2. The van der Waals surface area contributed by atoms with Gasteiger partial charge in [-0.25, -0.2) is 0 Å². The molecular weight excluding hydrogens is 188 g/mol. The number of nitrogens with two attached hydrogens (primary N) is 1. The zero-order valence-corrected chi connectivity index (χ0v) is 8.45. The zero-order valence-electron chi connectivity index (χ0n) is 8.45. The minimum Gasteiger partial charge on any atom is -0.397 e. The molecule has 3 heteroatoms. The Kier molecular flexibility index (Phi) is 2.29. The first-order valence-corrected chi connectivity index (χ1v) is 4.73. The molecule has 2 aliphatic rings. The van der Waals surface area contributed by atoms with Crippen LogP contribution in [0.25, 0.3) is 11.1 Å². The summed E-state index contributed by atoms with van der Waals surface area (Å²) >= 11 is 0. The van der Waals surface area contributed by atoms with Gasteiger partial charge in [0.15, 0.2) is 0 Å². The molecule has 0 fully saturated rings. The average molecular weight is 200 g/mol. The monoisotopic (exact) mass is 200 g/mol. The van der Waals surface area contributed by atoms with Crippen LogP contribution in [0, 0.1) is 0 Å². The maximum atomic E-state index is 10.9. The van der Waals surface area contributed by atoms with Crippen molar-refractivity contribution in [2.24, 2.45) is 0 Å². The van der Waals surface area contributed by atoms with Gasteiger partial charge in [-0.05, 0) is 11.6 Å². The Hall–Kier alpha value is -2.03. The van der Waals surface area contributed by atoms with E-state index < -0.39 is 0 Å². The van der Waals surface area contributed by atoms with Gasteiger partial charge in [0.1, 0.15) is 0 Å². The number of nitrogen functional groups attached to an aromatic ring is 1. The molecule has 0 heterocycles. The number of fused-ring (bicyclic) bond motifs is 1. The first kappa shape index (κ1) is 9.52. The second-order valence-electron chi connectivity index (χ2n) is 3.43. The molecular formula is C12H12N2O. The summed E-state index contributed by atoms with van der Waals surface area (Å²) in [6.07, 6.45) is 0. The molecule has 0 aliphatic heterocycles. The lowest BCUT2D eigenvalue weighted by atomic mass is 10.2. The molecule has 3 nitrogen and oxygen atoms in total. The molecule has 1 amide bonds. The van der Waals surface area contributed by atoms with Crippen molar-refractivity contribution in [2.45, 2.75) is 6.92 Å². The van der Waals surface area contributed by atoms with E-state index in [0.717, 1.165) is 11.1 Å². The number of carbonyl (C=O) groups excluding carboxylic acids is 1. The van der Waals surface area contributed by atoms with Crippen molar-refractivity contribution in [2.75, 3.05) is 11.1 Å². The first-order chi connectivity index (χ1) is 7.18. The van der Waals surface area contributed by atoms with Crippen LogP contribution in [-0.2, 0) is 4.79 Å². The van der Waals surface area contributed by atoms with Gasteiger partial charge in [-0.2, -0.15) is 0 Å². The molecule has 0 saturated heterocycles. The van der Waals surface area contributed by atoms with Gasteiger partial charge in [0, 0.05) is 12.5 Å². The van der Waals surface area contributed by atoms with Crippen LogP contribution in [0.5, 0.6) is 0 Å². The topological polar surface area (TPSA) is 55.1 Å². The highest BCUT2D eigenvalue weighted by Gasteiger charge is 2.12. The van der Waals surface area contributed by atoms with Crippen molar-refractivity contribution in [3.63, 3.8) is 0 Å². The predicted molar refractivity (Wildman–Crippen MR) is 61.8 cm³/mol. The van der Waals surface area contributed by atoms with Crippen molar-refractivity contribution in [1.29, 1.82) is 0 Å². The average Bonchev–Trinajstić information content (AvgIpc) is 2.40. The van der Waals surface area contributed by atoms with Crippen LogP contribution in [0.1, 0.15) is 6.92 Å². The van der Waals surface area contributed by atoms with Crippen LogP contribution < -0.4 is 11.1 Å². The first-order valence-electron chi connectivity index (χ1n) is 4.73. The van der Waals surface area contributed by atoms with E-state index in [-0.39, 0.29) is 5.91 Å². The molecule has 0 bridgehead atoms. The van der Waals surface area contributed by atoms with Crippen molar-refractivity contribution < 1.29 is 4.79 Å². The van der Waals surface area contributed by atoms with E-state index in [1.807, 2.05) is 36.4 Å². The van der Waals surface area contributed by atoms with Crippen LogP contribution in [0.2, 0.25) is 0 Å². The molecule has 0 atom stereocenters. The van der Waals surface area contributed by atoms with E-state index in [1.54, 1.807) is 0 Å². The lowest BCUT2D eigenvalue weighted by molar-refractivity contribution is -0.114. The Balaban J connectivity index is 2.55. The molecule has 76 valence electrons. The minimum atomic E-state index is -0.110. The third-order valence-electron chi connectivity index (χ3n) is 2.26. The summed E-state index contributed by atoms with van der Waals surface area (Å²) in [6.45, 7) is 1.47. The molecule has 2 aliphatic carbocycles. The highest BCUT2D eigenvalue weighted by Crippen LogP contribution is 2.36. The largest absolute Gasteiger partial charge is 0.397 e. The van der Waals surface area contributed by atoms with Gasteiger partial charge in [0.25, 0.3) is 0 Å². The Morgan fingerprint density at radius 1 is 1.27 bits per heavy atom. The number of amides is 1. The van der Waals surface area contributed by atoms with Gasteiger partial charge in [-0.3, -0.25) is 4.79 Å². The minimum absolute atomic E-state index is 0.110. The van der Waals surface area contributed by atoms with Gasteiger partial charge < -0.3 is 11.1 Å². The van der Waals surface area contributed by atoms with E-state index >= 15 is 0 Å². The van der Waals surface area contributed by atoms with Crippen molar-refractivity contribution >= 4 is 17.3 Å². The molecule has 0 radical (unpaired) electrons. The lowest BCUT2D eigenvalue weighted by Crippen LogP contribution is -2.06. The molecule has 2 rings (SSSR count). The van der Waals surface area contributed by atoms with Crippen LogP contribution in [0.4, 0.5) is 11.4 Å². The number of rotatable bonds is 1. The lowest BCUT2D eigenvalue weighted by Gasteiger charge is -1.99. The van der Waals surface area contributed by atoms with Gasteiger partial charge in [0.05, 0.1) is 11.4 Å². The highest BCUT2D eigenvalue weighted by atomic mass is 16.1. The molecule has 15 heavy (non-hydrogen) atoms. The highest BCUT2D eigenvalue weighted by molar-refractivity contribution is 5.99. The fourth-order valence-corrected chi connectivity index (χ4v) is 1.60. The van der Waals surface area contributed by atoms with Gasteiger partial charge in [0.2, 0.25) is 5.91 Å². The summed E-state index contributed by atoms with van der Waals surface area (Å²) in [6, 6.07) is 11.6. The van der Waals surface area contributed by atoms with Crippen LogP contribution in [0.3, 0.4) is 0 Å². The van der Waals surface area contributed by atoms with Crippen LogP contribution in [-0.4, -0.2) is 5.91 Å². The molecule has 0 unspecified atom stereocenters. The Morgan fingerprint density at radius 2 is 2.00 bits per heavy atom. The smallest absolute Gasteiger partial charge is 0.221 e. The number of hydrogen-bond donors (Lipinski definition) is 2. The third-order valence-corrected chi connectivity index (χ3v) is 2.26. The van der Waals surface area contributed by atoms with Gasteiger partial charge in [-0.1, -0.05) is 30.3 Å². The summed E-state index contributed by atoms with van der Waals surface area (Å²) in [4.78, 5) is 10.9. The Labute approximate surface area is 88.2 Å². The van der Waals surface area contributed by atoms with Crippen LogP contribution >= 0.6 is 0 Å². The third kappa shape index (κ3) is 1.76. The summed E-state index contributed by atoms with van der Waals surface area (Å²) < 4.78 is 0. The zero-order chi connectivity index (χ0) is 10.8. The Morgan fingerprint density at radius 3 is 2.73 bits per heavy atom. The maximum absolute atomic E-state index is 10.9. The van der Waals surface area contributed by atoms with E-state index in [2.05, 4.69) is 5.32 Å². The van der Waals surface area contributed by atoms with E-state index in [1.165, 1.54) is 6.92 Å². The molecule has 3 N–H and O–H groups in total. The standard InChI is InChI=1S/C12H12N2O/c1-8(15)14-11-7-9-5-3-2-4-6-10(9)12(11)13/h2-7H,13H2,1H3,(H,14,15). The molecule has 0 aromatic carbocycles. The second kappa shape index (κ2) is 3.61. The number of nitrogens with one attached hydrogen (secondary N) is 1. The summed E-state index contributed by atoms with van der Waals surface area (Å²) in [5, 5.41) is 2.71. The SMILES string of the molecule is CC(=O)Nc1cc2cccccc-2c1N. The molecule has 0 saturated carbocycles. The van der Waals surface area contributed by atoms with Crippen molar-refractivity contribution in [3.8, 4) is 11.1 Å². The fraction of sp³-hybridized carbons (Fsp3) is 0.0833. The van der Waals surface area contributed by atoms with Crippen molar-refractivity contribution in [1.82, 2.24) is 0 Å². The van der Waals surface area contributed by atoms with Crippen molar-refractivity contribution in [3.05, 3.63) is 36.4 Å². The molecule has 0 spiro atoms. The summed E-state index contributed by atoms with van der Waals surface area (Å²) in [5.74, 6) is -0.110. The van der Waals surface area contributed by atoms with Crippen LogP contribution in [0.15, 0.2) is 36.4 Å². The van der Waals surface area contributed by atoms with E-state index in [9.17, 15) is 4.79 Å². The molecule has 0 aromatic heterocycles. The number of carbonyl (C=O) groups is 1. The quantitative estimate of drug-likeness (QED) is 0.742. The maximum Gasteiger partial charge on any atom is 0.221 e. The predicted octanol–water partition coefficient (Wildman–Crippen LogP) is 2.33. The van der Waals surface area contributed by atoms with E-state index in [0.29, 0.717) is 11.4 Å². The van der Waals surface area contributed by atoms with Gasteiger partial charge in [-0.15, -0.1) is 0 Å².